The highest BCUT2D eigenvalue weighted by Gasteiger charge is 2.61. The van der Waals surface area contributed by atoms with Gasteiger partial charge in [-0.2, -0.15) is 17.8 Å². The predicted octanol–water partition coefficient (Wildman–Crippen LogP) is 3.62. The van der Waals surface area contributed by atoms with Gasteiger partial charge in [0.25, 0.3) is 0 Å². The van der Waals surface area contributed by atoms with Gasteiger partial charge in [-0.15, -0.1) is 4.09 Å². The van der Waals surface area contributed by atoms with Crippen molar-refractivity contribution in [3.63, 3.8) is 0 Å². The van der Waals surface area contributed by atoms with Gasteiger partial charge < -0.3 is 9.47 Å². The maximum absolute atomic E-state index is 13.6. The van der Waals surface area contributed by atoms with Crippen LogP contribution in [0.3, 0.4) is 0 Å². The standard InChI is InChI=1S/C27H32N4O4S/c1-19-23-12-11-22-24(20-8-7-15-28-18-20)31(36(32,33)30(2)3)29-25(22)26(23,21-9-5-4-6-10-21)13-14-27(19)34-16-17-35-27/h4-10,15,18-19,23H,11-14,16-17H2,1-3H3/t19-,23-,26+/m0/s1. The van der Waals surface area contributed by atoms with E-state index in [-0.39, 0.29) is 11.8 Å². The molecule has 1 saturated heterocycles. The van der Waals surface area contributed by atoms with Crippen LogP contribution in [0.4, 0.5) is 0 Å². The summed E-state index contributed by atoms with van der Waals surface area (Å²) in [7, 11) is -0.787. The van der Waals surface area contributed by atoms with Crippen molar-refractivity contribution in [2.45, 2.75) is 43.8 Å². The second-order valence-electron chi connectivity index (χ2n) is 10.3. The van der Waals surface area contributed by atoms with Gasteiger partial charge in [-0.3, -0.25) is 4.98 Å². The third-order valence-corrected chi connectivity index (χ3v) is 10.2. The zero-order chi connectivity index (χ0) is 25.1. The lowest BCUT2D eigenvalue weighted by atomic mass is 9.52. The summed E-state index contributed by atoms with van der Waals surface area (Å²) in [5.74, 6) is -0.267. The van der Waals surface area contributed by atoms with E-state index in [2.05, 4.69) is 36.2 Å². The van der Waals surface area contributed by atoms with E-state index >= 15 is 0 Å². The fourth-order valence-corrected chi connectivity index (χ4v) is 7.79. The van der Waals surface area contributed by atoms with Gasteiger partial charge in [-0.1, -0.05) is 37.3 Å². The predicted molar refractivity (Wildman–Crippen MR) is 136 cm³/mol. The summed E-state index contributed by atoms with van der Waals surface area (Å²) < 4.78 is 42.1. The molecule has 0 amide bonds. The molecule has 6 rings (SSSR count). The average Bonchev–Trinajstić information content (AvgIpc) is 3.54. The maximum atomic E-state index is 13.6. The van der Waals surface area contributed by atoms with Gasteiger partial charge in [-0.05, 0) is 42.9 Å². The lowest BCUT2D eigenvalue weighted by molar-refractivity contribution is -0.232. The number of rotatable bonds is 4. The van der Waals surface area contributed by atoms with Crippen LogP contribution in [0.15, 0.2) is 54.9 Å². The molecule has 1 spiro atoms. The van der Waals surface area contributed by atoms with Crippen LogP contribution in [-0.2, 0) is 31.5 Å². The summed E-state index contributed by atoms with van der Waals surface area (Å²) in [4.78, 5) is 4.29. The number of nitrogens with zero attached hydrogens (tertiary/aromatic N) is 4. The first-order valence-electron chi connectivity index (χ1n) is 12.6. The van der Waals surface area contributed by atoms with Crippen LogP contribution in [0.1, 0.15) is 43.0 Å². The van der Waals surface area contributed by atoms with Crippen LogP contribution >= 0.6 is 0 Å². The maximum Gasteiger partial charge on any atom is 0.323 e. The molecule has 1 aliphatic heterocycles. The second kappa shape index (κ2) is 8.48. The Kier molecular flexibility index (Phi) is 5.60. The van der Waals surface area contributed by atoms with Crippen molar-refractivity contribution >= 4 is 10.2 Å². The Bertz CT molecular complexity index is 1370. The minimum Gasteiger partial charge on any atom is -0.347 e. The molecule has 0 bridgehead atoms. The zero-order valence-corrected chi connectivity index (χ0v) is 21.7. The third kappa shape index (κ3) is 3.26. The van der Waals surface area contributed by atoms with Crippen LogP contribution in [0.25, 0.3) is 11.3 Å². The molecule has 1 saturated carbocycles. The lowest BCUT2D eigenvalue weighted by Gasteiger charge is -2.55. The fraction of sp³-hybridized carbons (Fsp3) is 0.481. The van der Waals surface area contributed by atoms with E-state index < -0.39 is 21.4 Å². The van der Waals surface area contributed by atoms with Gasteiger partial charge in [0.15, 0.2) is 5.79 Å². The molecular weight excluding hydrogens is 476 g/mol. The Morgan fingerprint density at radius 3 is 2.47 bits per heavy atom. The van der Waals surface area contributed by atoms with Gasteiger partial charge >= 0.3 is 10.2 Å². The molecule has 3 heterocycles. The number of fused-ring (bicyclic) bond motifs is 3. The summed E-state index contributed by atoms with van der Waals surface area (Å²) in [5.41, 5.74) is 3.93. The van der Waals surface area contributed by atoms with Crippen molar-refractivity contribution in [3.05, 3.63) is 71.7 Å². The lowest BCUT2D eigenvalue weighted by Crippen LogP contribution is -2.56. The van der Waals surface area contributed by atoms with E-state index in [0.29, 0.717) is 18.9 Å². The van der Waals surface area contributed by atoms with E-state index in [0.717, 1.165) is 42.5 Å². The monoisotopic (exact) mass is 508 g/mol. The molecule has 0 radical (unpaired) electrons. The first-order chi connectivity index (χ1) is 17.3. The number of hydrogen-bond donors (Lipinski definition) is 0. The van der Waals surface area contributed by atoms with E-state index in [1.807, 2.05) is 18.2 Å². The van der Waals surface area contributed by atoms with Gasteiger partial charge in [-0.25, -0.2) is 0 Å². The fourth-order valence-electron chi connectivity index (χ4n) is 6.85. The van der Waals surface area contributed by atoms with E-state index in [9.17, 15) is 8.42 Å². The molecule has 0 N–H and O–H groups in total. The van der Waals surface area contributed by atoms with Gasteiger partial charge in [0.1, 0.15) is 0 Å². The minimum atomic E-state index is -3.87. The molecule has 2 fully saturated rings. The highest BCUT2D eigenvalue weighted by Crippen LogP contribution is 2.60. The molecular formula is C27H32N4O4S. The molecule has 2 aromatic heterocycles. The molecule has 9 heteroatoms. The van der Waals surface area contributed by atoms with Gasteiger partial charge in [0, 0.05) is 55.4 Å². The summed E-state index contributed by atoms with van der Waals surface area (Å²) in [5, 5.41) is 4.98. The second-order valence-corrected chi connectivity index (χ2v) is 12.3. The molecule has 190 valence electrons. The Morgan fingerprint density at radius 1 is 1.06 bits per heavy atom. The summed E-state index contributed by atoms with van der Waals surface area (Å²) in [6.07, 6.45) is 6.53. The van der Waals surface area contributed by atoms with Crippen molar-refractivity contribution in [2.24, 2.45) is 11.8 Å². The van der Waals surface area contributed by atoms with Gasteiger partial charge in [0.2, 0.25) is 0 Å². The Hall–Kier alpha value is -2.59. The minimum absolute atomic E-state index is 0.125. The molecule has 1 aromatic carbocycles. The quantitative estimate of drug-likeness (QED) is 0.535. The Labute approximate surface area is 212 Å². The Balaban J connectivity index is 1.63. The van der Waals surface area contributed by atoms with E-state index in [1.165, 1.54) is 14.0 Å². The normalized spacial score (nSPS) is 27.2. The van der Waals surface area contributed by atoms with Crippen molar-refractivity contribution in [1.82, 2.24) is 18.5 Å². The summed E-state index contributed by atoms with van der Waals surface area (Å²) in [6.45, 7) is 3.45. The first-order valence-corrected chi connectivity index (χ1v) is 14.0. The molecule has 3 aromatic rings. The SMILES string of the molecule is C[C@H]1[C@@H]2CCc3c(nn(S(=O)(=O)N(C)C)c3-c3cccnc3)[C@@]2(c2ccccc2)CCC12OCCO2. The first kappa shape index (κ1) is 23.8. The topological polar surface area (TPSA) is 86.6 Å². The van der Waals surface area contributed by atoms with Crippen molar-refractivity contribution in [2.75, 3.05) is 27.3 Å². The largest absolute Gasteiger partial charge is 0.347 e. The average molecular weight is 509 g/mol. The van der Waals surface area contributed by atoms with Crippen LogP contribution in [0.2, 0.25) is 0 Å². The summed E-state index contributed by atoms with van der Waals surface area (Å²) >= 11 is 0. The van der Waals surface area contributed by atoms with Gasteiger partial charge in [0.05, 0.1) is 24.6 Å². The van der Waals surface area contributed by atoms with Crippen molar-refractivity contribution in [1.29, 1.82) is 0 Å². The number of ether oxygens (including phenoxy) is 2. The molecule has 3 aliphatic rings. The molecule has 2 aliphatic carbocycles. The number of pyridine rings is 1. The molecule has 36 heavy (non-hydrogen) atoms. The van der Waals surface area contributed by atoms with Crippen LogP contribution in [-0.4, -0.2) is 60.0 Å². The van der Waals surface area contributed by atoms with Crippen LogP contribution in [0, 0.1) is 11.8 Å². The number of hydrogen-bond acceptors (Lipinski definition) is 6. The highest BCUT2D eigenvalue weighted by atomic mass is 32.2. The Morgan fingerprint density at radius 2 is 1.81 bits per heavy atom. The third-order valence-electron chi connectivity index (χ3n) is 8.56. The molecule has 8 nitrogen and oxygen atoms in total. The number of aromatic nitrogens is 3. The molecule has 3 atom stereocenters. The van der Waals surface area contributed by atoms with Crippen LogP contribution < -0.4 is 0 Å². The van der Waals surface area contributed by atoms with Crippen LogP contribution in [0.5, 0.6) is 0 Å². The zero-order valence-electron chi connectivity index (χ0n) is 20.9. The summed E-state index contributed by atoms with van der Waals surface area (Å²) in [6, 6.07) is 14.2. The van der Waals surface area contributed by atoms with E-state index in [1.54, 1.807) is 26.5 Å². The van der Waals surface area contributed by atoms with Crippen molar-refractivity contribution in [3.8, 4) is 11.3 Å². The smallest absolute Gasteiger partial charge is 0.323 e. The number of benzene rings is 1. The highest BCUT2D eigenvalue weighted by molar-refractivity contribution is 7.87. The molecule has 0 unspecified atom stereocenters. The van der Waals surface area contributed by atoms with E-state index in [4.69, 9.17) is 14.6 Å². The van der Waals surface area contributed by atoms with Crippen molar-refractivity contribution < 1.29 is 17.9 Å².